The van der Waals surface area contributed by atoms with Gasteiger partial charge in [-0.15, -0.1) is 24.8 Å². The lowest BCUT2D eigenvalue weighted by Gasteiger charge is -2.19. The Morgan fingerprint density at radius 1 is 1.50 bits per heavy atom. The van der Waals surface area contributed by atoms with Crippen molar-refractivity contribution in [3.8, 4) is 0 Å². The maximum absolute atomic E-state index is 5.87. The number of hydrazine groups is 1. The van der Waals surface area contributed by atoms with Crippen LogP contribution in [0, 0.1) is 6.92 Å². The summed E-state index contributed by atoms with van der Waals surface area (Å²) in [6.45, 7) is 2.93. The second kappa shape index (κ2) is 6.62. The lowest BCUT2D eigenvalue weighted by molar-refractivity contribution is 0.265. The van der Waals surface area contributed by atoms with Crippen LogP contribution in [-0.4, -0.2) is 16.5 Å². The van der Waals surface area contributed by atoms with Gasteiger partial charge in [0.05, 0.1) is 6.04 Å². The molecule has 1 atom stereocenters. The third kappa shape index (κ3) is 3.22. The third-order valence-corrected chi connectivity index (χ3v) is 3.11. The van der Waals surface area contributed by atoms with Gasteiger partial charge in [0.15, 0.2) is 0 Å². The standard InChI is InChI=1S/C10H14ClN3.2ClH/c1-7-5-8(6-13-10(7)11)9-3-2-4-14(9)12;;/h5-6,9H,2-4,12H2,1H3;2*1H/t9-;;/m0../s1. The Morgan fingerprint density at radius 2 is 2.19 bits per heavy atom. The summed E-state index contributed by atoms with van der Waals surface area (Å²) in [6.07, 6.45) is 4.09. The van der Waals surface area contributed by atoms with E-state index < -0.39 is 0 Å². The third-order valence-electron chi connectivity index (χ3n) is 2.71. The molecule has 1 fully saturated rings. The average molecular weight is 285 g/mol. The average Bonchev–Trinajstić information content (AvgIpc) is 2.57. The molecule has 1 aliphatic heterocycles. The highest BCUT2D eigenvalue weighted by Gasteiger charge is 2.23. The SMILES string of the molecule is Cc1cc([C@@H]2CCCN2N)cnc1Cl.Cl.Cl. The number of pyridine rings is 1. The van der Waals surface area contributed by atoms with Crippen molar-refractivity contribution in [3.63, 3.8) is 0 Å². The number of hydrogen-bond acceptors (Lipinski definition) is 3. The predicted octanol–water partition coefficient (Wildman–Crippen LogP) is 2.90. The lowest BCUT2D eigenvalue weighted by Crippen LogP contribution is -2.30. The first-order valence-corrected chi connectivity index (χ1v) is 5.19. The molecule has 0 radical (unpaired) electrons. The van der Waals surface area contributed by atoms with Crippen LogP contribution < -0.4 is 5.84 Å². The topological polar surface area (TPSA) is 42.1 Å². The number of rotatable bonds is 1. The highest BCUT2D eigenvalue weighted by molar-refractivity contribution is 6.30. The van der Waals surface area contributed by atoms with Gasteiger partial charge >= 0.3 is 0 Å². The number of nitrogens with two attached hydrogens (primary N) is 1. The van der Waals surface area contributed by atoms with Crippen molar-refractivity contribution < 1.29 is 0 Å². The van der Waals surface area contributed by atoms with Crippen LogP contribution in [0.1, 0.15) is 30.0 Å². The normalized spacial score (nSPS) is 20.1. The summed E-state index contributed by atoms with van der Waals surface area (Å²) in [5, 5.41) is 2.46. The van der Waals surface area contributed by atoms with Crippen molar-refractivity contribution in [2.45, 2.75) is 25.8 Å². The van der Waals surface area contributed by atoms with Gasteiger partial charge in [-0.25, -0.2) is 9.99 Å². The molecule has 1 aromatic heterocycles. The quantitative estimate of drug-likeness (QED) is 0.637. The minimum Gasteiger partial charge on any atom is -0.268 e. The molecular weight excluding hydrogens is 268 g/mol. The minimum absolute atomic E-state index is 0. The van der Waals surface area contributed by atoms with Crippen LogP contribution in [0.15, 0.2) is 12.3 Å². The van der Waals surface area contributed by atoms with Gasteiger partial charge in [0.2, 0.25) is 0 Å². The highest BCUT2D eigenvalue weighted by Crippen LogP contribution is 2.29. The van der Waals surface area contributed by atoms with E-state index in [1.165, 1.54) is 5.56 Å². The summed E-state index contributed by atoms with van der Waals surface area (Å²) in [5.74, 6) is 5.87. The zero-order valence-corrected chi connectivity index (χ0v) is 11.4. The number of nitrogens with zero attached hydrogens (tertiary/aromatic N) is 2. The number of aromatic nitrogens is 1. The van der Waals surface area contributed by atoms with E-state index in [2.05, 4.69) is 11.1 Å². The second-order valence-electron chi connectivity index (χ2n) is 3.77. The van der Waals surface area contributed by atoms with Gasteiger partial charge in [-0.1, -0.05) is 11.6 Å². The molecule has 0 spiro atoms. The summed E-state index contributed by atoms with van der Waals surface area (Å²) in [6, 6.07) is 2.39. The molecule has 1 aliphatic rings. The molecule has 6 heteroatoms. The van der Waals surface area contributed by atoms with E-state index in [0.717, 1.165) is 24.9 Å². The fourth-order valence-corrected chi connectivity index (χ4v) is 2.01. The zero-order chi connectivity index (χ0) is 10.1. The zero-order valence-electron chi connectivity index (χ0n) is 9.02. The molecule has 2 heterocycles. The Morgan fingerprint density at radius 3 is 2.69 bits per heavy atom. The van der Waals surface area contributed by atoms with Crippen LogP contribution in [0.25, 0.3) is 0 Å². The van der Waals surface area contributed by atoms with E-state index in [9.17, 15) is 0 Å². The van der Waals surface area contributed by atoms with E-state index >= 15 is 0 Å². The van der Waals surface area contributed by atoms with Gasteiger partial charge in [0, 0.05) is 12.7 Å². The minimum atomic E-state index is 0. The van der Waals surface area contributed by atoms with Crippen molar-refractivity contribution in [2.24, 2.45) is 5.84 Å². The van der Waals surface area contributed by atoms with Crippen molar-refractivity contribution >= 4 is 36.4 Å². The summed E-state index contributed by atoms with van der Waals surface area (Å²) in [7, 11) is 0. The van der Waals surface area contributed by atoms with Crippen molar-refractivity contribution in [2.75, 3.05) is 6.54 Å². The van der Waals surface area contributed by atoms with E-state index in [1.54, 1.807) is 0 Å². The molecule has 3 nitrogen and oxygen atoms in total. The number of hydrogen-bond donors (Lipinski definition) is 1. The van der Waals surface area contributed by atoms with Crippen LogP contribution in [0.5, 0.6) is 0 Å². The first-order valence-electron chi connectivity index (χ1n) is 4.82. The Labute approximate surface area is 113 Å². The van der Waals surface area contributed by atoms with Gasteiger partial charge in [-0.2, -0.15) is 0 Å². The van der Waals surface area contributed by atoms with E-state index in [1.807, 2.05) is 18.1 Å². The molecule has 0 aliphatic carbocycles. The number of aryl methyl sites for hydroxylation is 1. The van der Waals surface area contributed by atoms with Crippen LogP contribution in [0.4, 0.5) is 0 Å². The Bertz CT molecular complexity index is 346. The highest BCUT2D eigenvalue weighted by atomic mass is 35.5. The molecule has 16 heavy (non-hydrogen) atoms. The van der Waals surface area contributed by atoms with Gasteiger partial charge in [-0.3, -0.25) is 5.84 Å². The maximum Gasteiger partial charge on any atom is 0.131 e. The predicted molar refractivity (Wildman–Crippen MR) is 71.3 cm³/mol. The van der Waals surface area contributed by atoms with Crippen molar-refractivity contribution in [3.05, 3.63) is 28.5 Å². The van der Waals surface area contributed by atoms with E-state index in [-0.39, 0.29) is 24.8 Å². The van der Waals surface area contributed by atoms with Gasteiger partial charge < -0.3 is 0 Å². The van der Waals surface area contributed by atoms with Crippen molar-refractivity contribution in [1.82, 2.24) is 9.99 Å². The monoisotopic (exact) mass is 283 g/mol. The molecule has 92 valence electrons. The molecule has 2 N–H and O–H groups in total. The number of halogens is 3. The molecule has 1 aromatic rings. The molecule has 0 amide bonds. The van der Waals surface area contributed by atoms with Crippen LogP contribution >= 0.6 is 36.4 Å². The summed E-state index contributed by atoms with van der Waals surface area (Å²) >= 11 is 5.87. The fourth-order valence-electron chi connectivity index (χ4n) is 1.91. The second-order valence-corrected chi connectivity index (χ2v) is 4.13. The Hall–Kier alpha value is -0.0600. The van der Waals surface area contributed by atoms with Gasteiger partial charge in [0.1, 0.15) is 5.15 Å². The molecule has 0 saturated carbocycles. The molecule has 0 bridgehead atoms. The molecular formula is C10H16Cl3N3. The first-order chi connectivity index (χ1) is 6.68. The van der Waals surface area contributed by atoms with Crippen LogP contribution in [-0.2, 0) is 0 Å². The summed E-state index contributed by atoms with van der Waals surface area (Å²) < 4.78 is 0. The summed E-state index contributed by atoms with van der Waals surface area (Å²) in [5.41, 5.74) is 2.19. The van der Waals surface area contributed by atoms with E-state index in [0.29, 0.717) is 11.2 Å². The smallest absolute Gasteiger partial charge is 0.131 e. The van der Waals surface area contributed by atoms with E-state index in [4.69, 9.17) is 17.4 Å². The summed E-state index contributed by atoms with van der Waals surface area (Å²) in [4.78, 5) is 4.14. The molecule has 0 aromatic carbocycles. The molecule has 0 unspecified atom stereocenters. The molecule has 1 saturated heterocycles. The molecule has 2 rings (SSSR count). The van der Waals surface area contributed by atoms with Crippen molar-refractivity contribution in [1.29, 1.82) is 0 Å². The first kappa shape index (κ1) is 15.9. The Balaban J connectivity index is 0.00000112. The van der Waals surface area contributed by atoms with Gasteiger partial charge in [-0.05, 0) is 37.0 Å². The van der Waals surface area contributed by atoms with Crippen LogP contribution in [0.3, 0.4) is 0 Å². The maximum atomic E-state index is 5.87. The Kier molecular flexibility index (Phi) is 6.60. The van der Waals surface area contributed by atoms with Gasteiger partial charge in [0.25, 0.3) is 0 Å². The fraction of sp³-hybridized carbons (Fsp3) is 0.500. The lowest BCUT2D eigenvalue weighted by atomic mass is 10.1. The van der Waals surface area contributed by atoms with Crippen LogP contribution in [0.2, 0.25) is 5.15 Å². The largest absolute Gasteiger partial charge is 0.268 e.